The summed E-state index contributed by atoms with van der Waals surface area (Å²) in [5.41, 5.74) is 1.18. The zero-order valence-corrected chi connectivity index (χ0v) is 9.09. The van der Waals surface area contributed by atoms with Gasteiger partial charge in [0.25, 0.3) is 0 Å². The molecule has 0 fully saturated rings. The predicted octanol–water partition coefficient (Wildman–Crippen LogP) is 2.21. The first-order valence-electron chi connectivity index (χ1n) is 4.91. The van der Waals surface area contributed by atoms with Crippen molar-refractivity contribution in [2.75, 3.05) is 30.0 Å². The minimum Gasteiger partial charge on any atom is -0.396 e. The minimum atomic E-state index is 0.288. The van der Waals surface area contributed by atoms with Crippen LogP contribution in [0.15, 0.2) is 30.3 Å². The highest BCUT2D eigenvalue weighted by atomic mass is 32.2. The fourth-order valence-electron chi connectivity index (χ4n) is 1.13. The molecule has 0 atom stereocenters. The molecule has 0 spiro atoms. The second kappa shape index (κ2) is 7.71. The van der Waals surface area contributed by atoms with Crippen molar-refractivity contribution in [3.8, 4) is 0 Å². The molecule has 0 unspecified atom stereocenters. The average molecular weight is 211 g/mol. The highest BCUT2D eigenvalue weighted by Gasteiger charge is 1.90. The molecule has 0 heterocycles. The van der Waals surface area contributed by atoms with Crippen LogP contribution in [-0.2, 0) is 0 Å². The van der Waals surface area contributed by atoms with Gasteiger partial charge in [0.2, 0.25) is 0 Å². The summed E-state index contributed by atoms with van der Waals surface area (Å²) in [6.45, 7) is 1.29. The molecule has 2 N–H and O–H groups in total. The Labute approximate surface area is 89.7 Å². The first-order chi connectivity index (χ1) is 6.93. The van der Waals surface area contributed by atoms with E-state index in [2.05, 4.69) is 17.4 Å². The van der Waals surface area contributed by atoms with E-state index in [1.807, 2.05) is 18.2 Å². The van der Waals surface area contributed by atoms with Crippen LogP contribution in [0.1, 0.15) is 6.42 Å². The van der Waals surface area contributed by atoms with E-state index in [1.54, 1.807) is 11.8 Å². The Bertz CT molecular complexity index is 228. The standard InChI is InChI=1S/C11H17NOS/c13-8-10-14-9-4-7-12-11-5-2-1-3-6-11/h1-3,5-6,12-13H,4,7-10H2. The molecule has 1 aromatic rings. The summed E-state index contributed by atoms with van der Waals surface area (Å²) < 4.78 is 0. The number of para-hydroxylation sites is 1. The first kappa shape index (κ1) is 11.4. The van der Waals surface area contributed by atoms with Crippen LogP contribution in [0, 0.1) is 0 Å². The van der Waals surface area contributed by atoms with Crippen molar-refractivity contribution in [2.45, 2.75) is 6.42 Å². The summed E-state index contributed by atoms with van der Waals surface area (Å²) in [5.74, 6) is 1.96. The third-order valence-corrected chi connectivity index (χ3v) is 2.85. The Kier molecular flexibility index (Phi) is 6.28. The van der Waals surface area contributed by atoms with Gasteiger partial charge in [-0.1, -0.05) is 18.2 Å². The molecule has 0 aliphatic rings. The maximum absolute atomic E-state index is 8.56. The molecule has 0 aromatic heterocycles. The second-order valence-electron chi connectivity index (χ2n) is 2.98. The molecular weight excluding hydrogens is 194 g/mol. The molecule has 0 saturated heterocycles. The molecule has 0 aliphatic carbocycles. The lowest BCUT2D eigenvalue weighted by molar-refractivity contribution is 0.322. The Morgan fingerprint density at radius 2 is 1.93 bits per heavy atom. The second-order valence-corrected chi connectivity index (χ2v) is 4.21. The highest BCUT2D eigenvalue weighted by Crippen LogP contribution is 2.06. The van der Waals surface area contributed by atoms with E-state index in [9.17, 15) is 0 Å². The quantitative estimate of drug-likeness (QED) is 0.678. The molecule has 0 saturated carbocycles. The molecule has 2 nitrogen and oxygen atoms in total. The summed E-state index contributed by atoms with van der Waals surface area (Å²) in [7, 11) is 0. The summed E-state index contributed by atoms with van der Waals surface area (Å²) in [4.78, 5) is 0. The molecule has 1 rings (SSSR count). The SMILES string of the molecule is OCCSCCCNc1ccccc1. The third-order valence-electron chi connectivity index (χ3n) is 1.80. The van der Waals surface area contributed by atoms with Crippen LogP contribution < -0.4 is 5.32 Å². The number of nitrogens with one attached hydrogen (secondary N) is 1. The van der Waals surface area contributed by atoms with Gasteiger partial charge in [-0.05, 0) is 24.3 Å². The number of aliphatic hydroxyl groups excluding tert-OH is 1. The lowest BCUT2D eigenvalue weighted by Crippen LogP contribution is -2.02. The fraction of sp³-hybridized carbons (Fsp3) is 0.455. The van der Waals surface area contributed by atoms with E-state index >= 15 is 0 Å². The van der Waals surface area contributed by atoms with Crippen molar-refractivity contribution in [2.24, 2.45) is 0 Å². The van der Waals surface area contributed by atoms with Crippen LogP contribution in [0.2, 0.25) is 0 Å². The number of rotatable bonds is 7. The van der Waals surface area contributed by atoms with E-state index in [0.717, 1.165) is 24.5 Å². The molecule has 78 valence electrons. The lowest BCUT2D eigenvalue weighted by Gasteiger charge is -2.05. The van der Waals surface area contributed by atoms with Crippen molar-refractivity contribution in [1.29, 1.82) is 0 Å². The summed E-state index contributed by atoms with van der Waals surface area (Å²) in [5, 5.41) is 11.9. The zero-order valence-electron chi connectivity index (χ0n) is 8.28. The van der Waals surface area contributed by atoms with E-state index in [4.69, 9.17) is 5.11 Å². The van der Waals surface area contributed by atoms with Crippen LogP contribution in [0.5, 0.6) is 0 Å². The first-order valence-corrected chi connectivity index (χ1v) is 6.06. The van der Waals surface area contributed by atoms with Crippen molar-refractivity contribution in [3.63, 3.8) is 0 Å². The molecule has 0 aliphatic heterocycles. The Morgan fingerprint density at radius 3 is 2.64 bits per heavy atom. The van der Waals surface area contributed by atoms with Crippen LogP contribution >= 0.6 is 11.8 Å². The summed E-state index contributed by atoms with van der Waals surface area (Å²) in [6, 6.07) is 10.2. The number of hydrogen-bond donors (Lipinski definition) is 2. The van der Waals surface area contributed by atoms with Crippen molar-refractivity contribution >= 4 is 17.4 Å². The van der Waals surface area contributed by atoms with Gasteiger partial charge in [0, 0.05) is 18.0 Å². The van der Waals surface area contributed by atoms with Crippen molar-refractivity contribution in [1.82, 2.24) is 0 Å². The lowest BCUT2D eigenvalue weighted by atomic mass is 10.3. The molecule has 1 aromatic carbocycles. The van der Waals surface area contributed by atoms with Gasteiger partial charge in [0.15, 0.2) is 0 Å². The summed E-state index contributed by atoms with van der Waals surface area (Å²) >= 11 is 1.80. The average Bonchev–Trinajstić information content (AvgIpc) is 2.25. The van der Waals surface area contributed by atoms with Crippen molar-refractivity contribution in [3.05, 3.63) is 30.3 Å². The van der Waals surface area contributed by atoms with Gasteiger partial charge >= 0.3 is 0 Å². The molecule has 14 heavy (non-hydrogen) atoms. The van der Waals surface area contributed by atoms with E-state index in [1.165, 1.54) is 5.69 Å². The summed E-state index contributed by atoms with van der Waals surface area (Å²) in [6.07, 6.45) is 1.14. The van der Waals surface area contributed by atoms with E-state index < -0.39 is 0 Å². The van der Waals surface area contributed by atoms with E-state index in [0.29, 0.717) is 0 Å². The number of thioether (sulfide) groups is 1. The van der Waals surface area contributed by atoms with Gasteiger partial charge < -0.3 is 10.4 Å². The van der Waals surface area contributed by atoms with Crippen LogP contribution in [0.25, 0.3) is 0 Å². The number of hydrogen-bond acceptors (Lipinski definition) is 3. The Hall–Kier alpha value is -0.670. The minimum absolute atomic E-state index is 0.288. The normalized spacial score (nSPS) is 10.1. The Morgan fingerprint density at radius 1 is 1.14 bits per heavy atom. The van der Waals surface area contributed by atoms with Gasteiger partial charge in [-0.25, -0.2) is 0 Å². The van der Waals surface area contributed by atoms with Gasteiger partial charge in [-0.3, -0.25) is 0 Å². The third kappa shape index (κ3) is 5.14. The largest absolute Gasteiger partial charge is 0.396 e. The van der Waals surface area contributed by atoms with Gasteiger partial charge in [0.05, 0.1) is 6.61 Å². The smallest absolute Gasteiger partial charge is 0.0521 e. The van der Waals surface area contributed by atoms with Gasteiger partial charge in [-0.2, -0.15) is 11.8 Å². The van der Waals surface area contributed by atoms with E-state index in [-0.39, 0.29) is 6.61 Å². The zero-order chi connectivity index (χ0) is 10.1. The molecular formula is C11H17NOS. The van der Waals surface area contributed by atoms with Crippen LogP contribution in [-0.4, -0.2) is 29.8 Å². The van der Waals surface area contributed by atoms with Crippen LogP contribution in [0.3, 0.4) is 0 Å². The maximum atomic E-state index is 8.56. The molecule has 0 radical (unpaired) electrons. The topological polar surface area (TPSA) is 32.3 Å². The maximum Gasteiger partial charge on any atom is 0.0521 e. The fourth-order valence-corrected chi connectivity index (χ4v) is 1.81. The molecule has 0 bridgehead atoms. The molecule has 0 amide bonds. The van der Waals surface area contributed by atoms with Gasteiger partial charge in [0.1, 0.15) is 0 Å². The predicted molar refractivity (Wildman–Crippen MR) is 64.0 cm³/mol. The Balaban J connectivity index is 1.99. The number of anilines is 1. The van der Waals surface area contributed by atoms with Crippen LogP contribution in [0.4, 0.5) is 5.69 Å². The number of benzene rings is 1. The number of aliphatic hydroxyl groups is 1. The van der Waals surface area contributed by atoms with Gasteiger partial charge in [-0.15, -0.1) is 0 Å². The highest BCUT2D eigenvalue weighted by molar-refractivity contribution is 7.99. The molecule has 3 heteroatoms. The van der Waals surface area contributed by atoms with Crippen molar-refractivity contribution < 1.29 is 5.11 Å². The monoisotopic (exact) mass is 211 g/mol.